The summed E-state index contributed by atoms with van der Waals surface area (Å²) in [5.41, 5.74) is 5.08. The van der Waals surface area contributed by atoms with Crippen molar-refractivity contribution in [1.82, 2.24) is 8.54 Å². The van der Waals surface area contributed by atoms with Crippen LogP contribution in [-0.2, 0) is 16.6 Å². The summed E-state index contributed by atoms with van der Waals surface area (Å²) in [6.45, 7) is 0.996. The third kappa shape index (κ3) is 3.85. The standard InChI is InChI=1S/C18H21N5O4S/c1-28(26,27)23-17(24)9-16(21-8-4-7-15(20)12-21)22(18(23)25)11-14-6-3-2-5-13(14)10-19/h2-3,5-6,9,15H,4,7-8,11-12,20H2,1H3/t15-/m1/s1. The van der Waals surface area contributed by atoms with Crippen LogP contribution in [0.25, 0.3) is 0 Å². The maximum absolute atomic E-state index is 13.0. The van der Waals surface area contributed by atoms with Crippen molar-refractivity contribution in [3.05, 3.63) is 62.3 Å². The lowest BCUT2D eigenvalue weighted by molar-refractivity contribution is 0.493. The molecule has 1 fully saturated rings. The van der Waals surface area contributed by atoms with E-state index in [4.69, 9.17) is 5.73 Å². The quantitative estimate of drug-likeness (QED) is 0.739. The van der Waals surface area contributed by atoms with E-state index < -0.39 is 21.3 Å². The molecule has 10 heteroatoms. The van der Waals surface area contributed by atoms with Crippen LogP contribution in [0.4, 0.5) is 5.82 Å². The van der Waals surface area contributed by atoms with Gasteiger partial charge >= 0.3 is 5.69 Å². The highest BCUT2D eigenvalue weighted by atomic mass is 32.2. The van der Waals surface area contributed by atoms with Crippen molar-refractivity contribution >= 4 is 15.8 Å². The van der Waals surface area contributed by atoms with E-state index in [-0.39, 0.29) is 16.6 Å². The molecule has 28 heavy (non-hydrogen) atoms. The minimum Gasteiger partial charge on any atom is -0.356 e. The number of nitrogens with zero attached hydrogens (tertiary/aromatic N) is 4. The Kier molecular flexibility index (Phi) is 5.40. The number of aromatic nitrogens is 2. The molecule has 1 saturated heterocycles. The van der Waals surface area contributed by atoms with E-state index in [2.05, 4.69) is 6.07 Å². The molecule has 0 aliphatic carbocycles. The Hall–Kier alpha value is -2.90. The molecule has 2 N–H and O–H groups in total. The molecule has 1 aliphatic heterocycles. The van der Waals surface area contributed by atoms with Gasteiger partial charge in [0.1, 0.15) is 5.82 Å². The zero-order valence-corrected chi connectivity index (χ0v) is 16.2. The average molecular weight is 403 g/mol. The third-order valence-electron chi connectivity index (χ3n) is 4.71. The first kappa shape index (κ1) is 19.9. The maximum atomic E-state index is 13.0. The molecule has 2 heterocycles. The van der Waals surface area contributed by atoms with Crippen molar-refractivity contribution < 1.29 is 8.42 Å². The van der Waals surface area contributed by atoms with Gasteiger partial charge in [0, 0.05) is 25.2 Å². The molecular weight excluding hydrogens is 382 g/mol. The maximum Gasteiger partial charge on any atom is 0.346 e. The molecule has 3 rings (SSSR count). The normalized spacial score (nSPS) is 17.3. The summed E-state index contributed by atoms with van der Waals surface area (Å²) >= 11 is 0. The number of hydrogen-bond donors (Lipinski definition) is 1. The lowest BCUT2D eigenvalue weighted by Gasteiger charge is -2.34. The van der Waals surface area contributed by atoms with Crippen molar-refractivity contribution in [3.8, 4) is 6.07 Å². The number of rotatable bonds is 4. The largest absolute Gasteiger partial charge is 0.356 e. The molecule has 2 aromatic rings. The first-order valence-corrected chi connectivity index (χ1v) is 10.6. The van der Waals surface area contributed by atoms with Crippen molar-refractivity contribution in [3.63, 3.8) is 0 Å². The Balaban J connectivity index is 2.24. The van der Waals surface area contributed by atoms with Crippen LogP contribution in [-0.4, -0.2) is 42.3 Å². The Morgan fingerprint density at radius 2 is 2.00 bits per heavy atom. The summed E-state index contributed by atoms with van der Waals surface area (Å²) in [7, 11) is -4.09. The highest BCUT2D eigenvalue weighted by molar-refractivity contribution is 7.89. The number of hydrogen-bond acceptors (Lipinski definition) is 7. The van der Waals surface area contributed by atoms with Gasteiger partial charge in [0.05, 0.1) is 24.4 Å². The zero-order chi connectivity index (χ0) is 20.5. The topological polar surface area (TPSA) is 131 Å². The Morgan fingerprint density at radius 1 is 1.29 bits per heavy atom. The van der Waals surface area contributed by atoms with Crippen molar-refractivity contribution in [1.29, 1.82) is 5.26 Å². The molecule has 0 spiro atoms. The van der Waals surface area contributed by atoms with Gasteiger partial charge in [-0.1, -0.05) is 18.2 Å². The van der Waals surface area contributed by atoms with Crippen LogP contribution in [0, 0.1) is 11.3 Å². The molecule has 1 aliphatic rings. The molecule has 9 nitrogen and oxygen atoms in total. The third-order valence-corrected chi connectivity index (χ3v) is 5.71. The second kappa shape index (κ2) is 7.61. The summed E-state index contributed by atoms with van der Waals surface area (Å²) in [5, 5.41) is 9.33. The number of nitriles is 1. The van der Waals surface area contributed by atoms with Gasteiger partial charge in [-0.2, -0.15) is 9.23 Å². The van der Waals surface area contributed by atoms with Gasteiger partial charge in [-0.3, -0.25) is 9.36 Å². The van der Waals surface area contributed by atoms with Crippen molar-refractivity contribution in [2.75, 3.05) is 24.2 Å². The molecule has 0 bridgehead atoms. The van der Waals surface area contributed by atoms with E-state index in [1.165, 1.54) is 4.57 Å². The molecule has 0 saturated carbocycles. The highest BCUT2D eigenvalue weighted by Gasteiger charge is 2.24. The first-order valence-electron chi connectivity index (χ1n) is 8.78. The van der Waals surface area contributed by atoms with E-state index >= 15 is 0 Å². The SMILES string of the molecule is CS(=O)(=O)n1c(=O)cc(N2CCC[C@@H](N)C2)n(Cc2ccccc2C#N)c1=O. The van der Waals surface area contributed by atoms with Gasteiger partial charge in [-0.25, -0.2) is 13.2 Å². The molecule has 148 valence electrons. The molecule has 0 amide bonds. The van der Waals surface area contributed by atoms with E-state index in [1.807, 2.05) is 4.90 Å². The van der Waals surface area contributed by atoms with Crippen LogP contribution in [0.5, 0.6) is 0 Å². The van der Waals surface area contributed by atoms with Crippen LogP contribution in [0.15, 0.2) is 39.9 Å². The molecule has 0 unspecified atom stereocenters. The average Bonchev–Trinajstić information content (AvgIpc) is 2.63. The Labute approximate surface area is 162 Å². The van der Waals surface area contributed by atoms with Crippen LogP contribution in [0.1, 0.15) is 24.0 Å². The fourth-order valence-electron chi connectivity index (χ4n) is 3.42. The van der Waals surface area contributed by atoms with E-state index in [9.17, 15) is 23.3 Å². The summed E-state index contributed by atoms with van der Waals surface area (Å²) < 4.78 is 25.5. The predicted octanol–water partition coefficient (Wildman–Crippen LogP) is -0.335. The molecule has 1 aromatic heterocycles. The number of benzene rings is 1. The van der Waals surface area contributed by atoms with Crippen LogP contribution < -0.4 is 21.9 Å². The smallest absolute Gasteiger partial charge is 0.346 e. The number of piperidine rings is 1. The van der Waals surface area contributed by atoms with Gasteiger partial charge < -0.3 is 10.6 Å². The van der Waals surface area contributed by atoms with Crippen molar-refractivity contribution in [2.24, 2.45) is 5.73 Å². The molecule has 1 atom stereocenters. The summed E-state index contributed by atoms with van der Waals surface area (Å²) in [4.78, 5) is 27.2. The molecule has 0 radical (unpaired) electrons. The zero-order valence-electron chi connectivity index (χ0n) is 15.4. The van der Waals surface area contributed by atoms with E-state index in [1.54, 1.807) is 24.3 Å². The summed E-state index contributed by atoms with van der Waals surface area (Å²) in [5.74, 6) is 0.304. The minimum atomic E-state index is -4.09. The molecule has 1 aromatic carbocycles. The highest BCUT2D eigenvalue weighted by Crippen LogP contribution is 2.19. The van der Waals surface area contributed by atoms with Gasteiger partial charge in [0.25, 0.3) is 5.56 Å². The fourth-order valence-corrected chi connectivity index (χ4v) is 4.18. The lowest BCUT2D eigenvalue weighted by atomic mass is 10.1. The Bertz CT molecular complexity index is 1160. The number of anilines is 1. The van der Waals surface area contributed by atoms with Gasteiger partial charge in [-0.15, -0.1) is 0 Å². The predicted molar refractivity (Wildman–Crippen MR) is 105 cm³/mol. The molecular formula is C18H21N5O4S. The minimum absolute atomic E-state index is 0.0422. The van der Waals surface area contributed by atoms with Crippen LogP contribution in [0.3, 0.4) is 0 Å². The number of nitrogens with two attached hydrogens (primary N) is 1. The van der Waals surface area contributed by atoms with Gasteiger partial charge in [0.15, 0.2) is 0 Å². The fraction of sp³-hybridized carbons (Fsp3) is 0.389. The van der Waals surface area contributed by atoms with Gasteiger partial charge in [0.2, 0.25) is 10.0 Å². The van der Waals surface area contributed by atoms with Gasteiger partial charge in [-0.05, 0) is 24.5 Å². The van der Waals surface area contributed by atoms with E-state index in [0.29, 0.717) is 30.0 Å². The van der Waals surface area contributed by atoms with Crippen LogP contribution in [0.2, 0.25) is 0 Å². The second-order valence-electron chi connectivity index (χ2n) is 6.85. The van der Waals surface area contributed by atoms with Crippen molar-refractivity contribution in [2.45, 2.75) is 25.4 Å². The first-order chi connectivity index (χ1) is 13.2. The lowest BCUT2D eigenvalue weighted by Crippen LogP contribution is -2.49. The van der Waals surface area contributed by atoms with E-state index in [0.717, 1.165) is 25.2 Å². The summed E-state index contributed by atoms with van der Waals surface area (Å²) in [6.07, 6.45) is 2.43. The second-order valence-corrected chi connectivity index (χ2v) is 8.69. The Morgan fingerprint density at radius 3 is 2.64 bits per heavy atom. The monoisotopic (exact) mass is 403 g/mol. The van der Waals surface area contributed by atoms with Crippen LogP contribution >= 0.6 is 0 Å². The summed E-state index contributed by atoms with van der Waals surface area (Å²) in [6, 6.07) is 9.83.